The lowest BCUT2D eigenvalue weighted by atomic mass is 9.86. The maximum atomic E-state index is 11.6. The minimum Gasteiger partial charge on any atom is -0.481 e. The average Bonchev–Trinajstić information content (AvgIpc) is 3.14. The highest BCUT2D eigenvalue weighted by Gasteiger charge is 2.22. The van der Waals surface area contributed by atoms with E-state index >= 15 is 0 Å². The molecule has 0 aliphatic rings. The van der Waals surface area contributed by atoms with E-state index in [1.165, 1.54) is 11.3 Å². The van der Waals surface area contributed by atoms with E-state index in [9.17, 15) is 9.90 Å². The summed E-state index contributed by atoms with van der Waals surface area (Å²) in [6.07, 6.45) is 0.467. The Labute approximate surface area is 164 Å². The predicted molar refractivity (Wildman–Crippen MR) is 110 cm³/mol. The fourth-order valence-electron chi connectivity index (χ4n) is 3.03. The Morgan fingerprint density at radius 3 is 2.33 bits per heavy atom. The van der Waals surface area contributed by atoms with Crippen LogP contribution >= 0.6 is 11.3 Å². The molecule has 0 aliphatic carbocycles. The average molecular weight is 381 g/mol. The largest absolute Gasteiger partial charge is 0.481 e. The highest BCUT2D eigenvalue weighted by molar-refractivity contribution is 7.10. The first-order valence-electron chi connectivity index (χ1n) is 8.97. The van der Waals surface area contributed by atoms with Gasteiger partial charge in [-0.25, -0.2) is 0 Å². The Balaban J connectivity index is 1.76. The molecule has 140 valence electrons. The van der Waals surface area contributed by atoms with Gasteiger partial charge in [0, 0.05) is 10.4 Å². The Morgan fingerprint density at radius 2 is 1.74 bits per heavy atom. The van der Waals surface area contributed by atoms with Gasteiger partial charge < -0.3 is 9.84 Å². The predicted octanol–water partition coefficient (Wildman–Crippen LogP) is 6.25. The highest BCUT2D eigenvalue weighted by atomic mass is 32.1. The molecule has 0 amide bonds. The topological polar surface area (TPSA) is 46.5 Å². The molecule has 3 rings (SSSR count). The summed E-state index contributed by atoms with van der Waals surface area (Å²) >= 11 is 1.48. The Hall–Kier alpha value is -2.59. The van der Waals surface area contributed by atoms with Crippen molar-refractivity contribution in [2.75, 3.05) is 0 Å². The smallest absolute Gasteiger partial charge is 0.312 e. The fourth-order valence-corrected chi connectivity index (χ4v) is 3.85. The third kappa shape index (κ3) is 4.77. The van der Waals surface area contributed by atoms with Crippen molar-refractivity contribution in [2.24, 2.45) is 0 Å². The molecule has 1 N–H and O–H groups in total. The molecule has 4 heteroatoms. The van der Waals surface area contributed by atoms with Crippen LogP contribution in [0.4, 0.5) is 0 Å². The molecule has 1 unspecified atom stereocenters. The van der Waals surface area contributed by atoms with E-state index in [0.29, 0.717) is 6.42 Å². The van der Waals surface area contributed by atoms with Crippen LogP contribution in [0.3, 0.4) is 0 Å². The molecule has 0 radical (unpaired) electrons. The molecule has 0 bridgehead atoms. The van der Waals surface area contributed by atoms with Crippen LogP contribution in [0.5, 0.6) is 11.5 Å². The third-order valence-electron chi connectivity index (χ3n) is 4.47. The van der Waals surface area contributed by atoms with Crippen molar-refractivity contribution in [1.29, 1.82) is 0 Å². The standard InChI is InChI=1S/C23H24O3S/c1-23(2,3)19-7-4-5-8-20(19)26-17-12-10-16(11-13-17)15-18(22(24)25)21-9-6-14-27-21/h4-14,18H,15H2,1-3H3,(H,24,25). The zero-order valence-electron chi connectivity index (χ0n) is 15.8. The lowest BCUT2D eigenvalue weighted by Crippen LogP contribution is -2.13. The van der Waals surface area contributed by atoms with Gasteiger partial charge in [0.15, 0.2) is 0 Å². The van der Waals surface area contributed by atoms with E-state index in [1.807, 2.05) is 60.0 Å². The number of hydrogen-bond acceptors (Lipinski definition) is 3. The first kappa shape index (κ1) is 19.2. The lowest BCUT2D eigenvalue weighted by Gasteiger charge is -2.22. The molecule has 1 atom stereocenters. The normalized spacial score (nSPS) is 12.6. The van der Waals surface area contributed by atoms with Crippen molar-refractivity contribution in [1.82, 2.24) is 0 Å². The Bertz CT molecular complexity index is 890. The van der Waals surface area contributed by atoms with Gasteiger partial charge in [-0.15, -0.1) is 11.3 Å². The van der Waals surface area contributed by atoms with E-state index in [2.05, 4.69) is 26.8 Å². The van der Waals surface area contributed by atoms with Gasteiger partial charge in [-0.05, 0) is 47.0 Å². The number of para-hydroxylation sites is 1. The molecule has 2 aromatic carbocycles. The van der Waals surface area contributed by atoms with Crippen molar-refractivity contribution in [2.45, 2.75) is 38.5 Å². The fraction of sp³-hybridized carbons (Fsp3) is 0.261. The SMILES string of the molecule is CC(C)(C)c1ccccc1Oc1ccc(CC(C(=O)O)c2cccs2)cc1. The second-order valence-corrected chi connectivity index (χ2v) is 8.58. The lowest BCUT2D eigenvalue weighted by molar-refractivity contribution is -0.138. The summed E-state index contributed by atoms with van der Waals surface area (Å²) in [6.45, 7) is 6.48. The third-order valence-corrected chi connectivity index (χ3v) is 5.46. The molecule has 3 nitrogen and oxygen atoms in total. The maximum Gasteiger partial charge on any atom is 0.312 e. The van der Waals surface area contributed by atoms with Crippen LogP contribution in [0.25, 0.3) is 0 Å². The summed E-state index contributed by atoms with van der Waals surface area (Å²) in [5, 5.41) is 11.5. The minimum atomic E-state index is -0.795. The molecule has 0 fully saturated rings. The molecular formula is C23H24O3S. The van der Waals surface area contributed by atoms with Gasteiger partial charge in [-0.3, -0.25) is 4.79 Å². The number of thiophene rings is 1. The van der Waals surface area contributed by atoms with Crippen LogP contribution < -0.4 is 4.74 Å². The van der Waals surface area contributed by atoms with Crippen molar-refractivity contribution in [3.8, 4) is 11.5 Å². The van der Waals surface area contributed by atoms with Crippen molar-refractivity contribution in [3.05, 3.63) is 82.0 Å². The summed E-state index contributed by atoms with van der Waals surface area (Å²) in [5.74, 6) is 0.286. The number of benzene rings is 2. The van der Waals surface area contributed by atoms with Gasteiger partial charge in [-0.1, -0.05) is 57.2 Å². The number of carbonyl (C=O) groups is 1. The van der Waals surface area contributed by atoms with Gasteiger partial charge in [-0.2, -0.15) is 0 Å². The van der Waals surface area contributed by atoms with Crippen molar-refractivity contribution < 1.29 is 14.6 Å². The van der Waals surface area contributed by atoms with E-state index in [1.54, 1.807) is 0 Å². The van der Waals surface area contributed by atoms with E-state index in [-0.39, 0.29) is 5.41 Å². The van der Waals surface area contributed by atoms with Gasteiger partial charge in [0.1, 0.15) is 11.5 Å². The van der Waals surface area contributed by atoms with Gasteiger partial charge in [0.25, 0.3) is 0 Å². The molecule has 0 saturated heterocycles. The van der Waals surface area contributed by atoms with Crippen LogP contribution in [0.15, 0.2) is 66.0 Å². The van der Waals surface area contributed by atoms with E-state index in [0.717, 1.165) is 27.5 Å². The molecular weight excluding hydrogens is 356 g/mol. The first-order chi connectivity index (χ1) is 12.8. The summed E-state index contributed by atoms with van der Waals surface area (Å²) in [7, 11) is 0. The number of aliphatic carboxylic acids is 1. The first-order valence-corrected chi connectivity index (χ1v) is 9.85. The zero-order valence-corrected chi connectivity index (χ0v) is 16.6. The zero-order chi connectivity index (χ0) is 19.4. The molecule has 0 saturated carbocycles. The molecule has 1 heterocycles. The summed E-state index contributed by atoms with van der Waals surface area (Å²) < 4.78 is 6.10. The van der Waals surface area contributed by atoms with Crippen LogP contribution in [0.1, 0.15) is 42.7 Å². The number of carboxylic acids is 1. The number of carboxylic acid groups (broad SMARTS) is 1. The Kier molecular flexibility index (Phi) is 5.66. The number of rotatable bonds is 6. The monoisotopic (exact) mass is 380 g/mol. The molecule has 27 heavy (non-hydrogen) atoms. The number of ether oxygens (including phenoxy) is 1. The number of hydrogen-bond donors (Lipinski definition) is 1. The van der Waals surface area contributed by atoms with Gasteiger partial charge in [0.05, 0.1) is 5.92 Å². The van der Waals surface area contributed by atoms with Crippen molar-refractivity contribution in [3.63, 3.8) is 0 Å². The van der Waals surface area contributed by atoms with Gasteiger partial charge in [0.2, 0.25) is 0 Å². The van der Waals surface area contributed by atoms with E-state index in [4.69, 9.17) is 4.74 Å². The quantitative estimate of drug-likeness (QED) is 0.550. The summed E-state index contributed by atoms with van der Waals surface area (Å²) in [4.78, 5) is 12.5. The van der Waals surface area contributed by atoms with Crippen LogP contribution in [0, 0.1) is 0 Å². The van der Waals surface area contributed by atoms with Crippen LogP contribution in [-0.4, -0.2) is 11.1 Å². The second kappa shape index (κ2) is 7.97. The maximum absolute atomic E-state index is 11.6. The second-order valence-electron chi connectivity index (χ2n) is 7.60. The van der Waals surface area contributed by atoms with Crippen LogP contribution in [-0.2, 0) is 16.6 Å². The molecule has 0 spiro atoms. The molecule has 0 aliphatic heterocycles. The molecule has 1 aromatic heterocycles. The molecule has 3 aromatic rings. The van der Waals surface area contributed by atoms with Gasteiger partial charge >= 0.3 is 5.97 Å². The highest BCUT2D eigenvalue weighted by Crippen LogP contribution is 2.34. The van der Waals surface area contributed by atoms with E-state index < -0.39 is 11.9 Å². The van der Waals surface area contributed by atoms with Crippen LogP contribution in [0.2, 0.25) is 0 Å². The summed E-state index contributed by atoms with van der Waals surface area (Å²) in [5.41, 5.74) is 2.12. The summed E-state index contributed by atoms with van der Waals surface area (Å²) in [6, 6.07) is 19.5. The minimum absolute atomic E-state index is 0.00799. The Morgan fingerprint density at radius 1 is 1.04 bits per heavy atom. The van der Waals surface area contributed by atoms with Crippen molar-refractivity contribution >= 4 is 17.3 Å².